The predicted molar refractivity (Wildman–Crippen MR) is 83.0 cm³/mol. The summed E-state index contributed by atoms with van der Waals surface area (Å²) in [6, 6.07) is 16.4. The van der Waals surface area contributed by atoms with Crippen molar-refractivity contribution in [2.75, 3.05) is 11.9 Å². The molecule has 0 aromatic heterocycles. The van der Waals surface area contributed by atoms with Gasteiger partial charge in [0.25, 0.3) is 0 Å². The van der Waals surface area contributed by atoms with E-state index in [0.717, 1.165) is 5.56 Å². The van der Waals surface area contributed by atoms with Crippen molar-refractivity contribution in [3.8, 4) is 5.75 Å². The van der Waals surface area contributed by atoms with Gasteiger partial charge in [0, 0.05) is 12.1 Å². The summed E-state index contributed by atoms with van der Waals surface area (Å²) in [6.07, 6.45) is 1.09. The molecule has 2 N–H and O–H groups in total. The van der Waals surface area contributed by atoms with Crippen molar-refractivity contribution in [3.63, 3.8) is 0 Å². The molecule has 0 aliphatic carbocycles. The molecule has 2 aromatic rings. The van der Waals surface area contributed by atoms with Crippen molar-refractivity contribution in [1.29, 1.82) is 0 Å². The molecule has 0 saturated carbocycles. The second-order valence-corrected chi connectivity index (χ2v) is 4.74. The first kappa shape index (κ1) is 15.6. The molecule has 0 radical (unpaired) electrons. The number of aliphatic carboxylic acids is 1. The SMILES string of the molecule is O=C(O)COc1ccc(NC(=O)CCc2ccccc2)cc1. The van der Waals surface area contributed by atoms with E-state index < -0.39 is 5.97 Å². The Kier molecular flexibility index (Phi) is 5.54. The maximum atomic E-state index is 11.9. The summed E-state index contributed by atoms with van der Waals surface area (Å²) in [5, 5.41) is 11.3. The number of benzene rings is 2. The zero-order chi connectivity index (χ0) is 15.8. The normalized spacial score (nSPS) is 10.0. The van der Waals surface area contributed by atoms with Gasteiger partial charge in [0.05, 0.1) is 0 Å². The van der Waals surface area contributed by atoms with Crippen molar-refractivity contribution < 1.29 is 19.4 Å². The van der Waals surface area contributed by atoms with E-state index in [1.165, 1.54) is 0 Å². The van der Waals surface area contributed by atoms with Gasteiger partial charge in [-0.25, -0.2) is 4.79 Å². The number of carbonyl (C=O) groups is 2. The van der Waals surface area contributed by atoms with Crippen molar-refractivity contribution in [3.05, 3.63) is 60.2 Å². The summed E-state index contributed by atoms with van der Waals surface area (Å²) in [6.45, 7) is -0.386. The van der Waals surface area contributed by atoms with Gasteiger partial charge < -0.3 is 15.2 Å². The van der Waals surface area contributed by atoms with Crippen LogP contribution in [0.25, 0.3) is 0 Å². The van der Waals surface area contributed by atoms with Gasteiger partial charge in [-0.05, 0) is 36.2 Å². The molecule has 2 rings (SSSR count). The first-order valence-electron chi connectivity index (χ1n) is 6.92. The third-order valence-corrected chi connectivity index (χ3v) is 2.98. The quantitative estimate of drug-likeness (QED) is 0.824. The monoisotopic (exact) mass is 299 g/mol. The first-order chi connectivity index (χ1) is 10.6. The molecule has 1 amide bonds. The van der Waals surface area contributed by atoms with Gasteiger partial charge in [-0.2, -0.15) is 0 Å². The molecule has 0 heterocycles. The molecule has 114 valence electrons. The molecule has 0 aliphatic rings. The highest BCUT2D eigenvalue weighted by molar-refractivity contribution is 5.90. The number of carboxylic acids is 1. The van der Waals surface area contributed by atoms with E-state index in [4.69, 9.17) is 9.84 Å². The third kappa shape index (κ3) is 5.28. The highest BCUT2D eigenvalue weighted by atomic mass is 16.5. The number of hydrogen-bond donors (Lipinski definition) is 2. The minimum Gasteiger partial charge on any atom is -0.482 e. The molecule has 0 aliphatic heterocycles. The number of hydrogen-bond acceptors (Lipinski definition) is 3. The molecule has 5 nitrogen and oxygen atoms in total. The van der Waals surface area contributed by atoms with Crippen LogP contribution in [0.15, 0.2) is 54.6 Å². The van der Waals surface area contributed by atoms with Gasteiger partial charge in [0.15, 0.2) is 6.61 Å². The molecule has 0 saturated heterocycles. The maximum Gasteiger partial charge on any atom is 0.341 e. The molecular weight excluding hydrogens is 282 g/mol. The summed E-state index contributed by atoms with van der Waals surface area (Å²) in [7, 11) is 0. The van der Waals surface area contributed by atoms with Gasteiger partial charge in [0.2, 0.25) is 5.91 Å². The van der Waals surface area contributed by atoms with Crippen LogP contribution >= 0.6 is 0 Å². The van der Waals surface area contributed by atoms with E-state index in [1.54, 1.807) is 24.3 Å². The Morgan fingerprint density at radius 1 is 1.00 bits per heavy atom. The lowest BCUT2D eigenvalue weighted by atomic mass is 10.1. The molecule has 0 spiro atoms. The Labute approximate surface area is 128 Å². The van der Waals surface area contributed by atoms with Gasteiger partial charge in [0.1, 0.15) is 5.75 Å². The fraction of sp³-hybridized carbons (Fsp3) is 0.176. The largest absolute Gasteiger partial charge is 0.482 e. The molecule has 0 unspecified atom stereocenters. The summed E-state index contributed by atoms with van der Waals surface area (Å²) in [5.74, 6) is -0.647. The van der Waals surface area contributed by atoms with Crippen LogP contribution in [0, 0.1) is 0 Å². The van der Waals surface area contributed by atoms with Crippen LogP contribution in [0.5, 0.6) is 5.75 Å². The number of nitrogens with one attached hydrogen (secondary N) is 1. The smallest absolute Gasteiger partial charge is 0.341 e. The van der Waals surface area contributed by atoms with Crippen LogP contribution in [0.3, 0.4) is 0 Å². The molecular formula is C17H17NO4. The Morgan fingerprint density at radius 3 is 2.32 bits per heavy atom. The Hall–Kier alpha value is -2.82. The van der Waals surface area contributed by atoms with E-state index in [0.29, 0.717) is 24.3 Å². The Bertz CT molecular complexity index is 623. The van der Waals surface area contributed by atoms with Gasteiger partial charge in [-0.3, -0.25) is 4.79 Å². The average Bonchev–Trinajstić information content (AvgIpc) is 2.53. The third-order valence-electron chi connectivity index (χ3n) is 2.98. The van der Waals surface area contributed by atoms with Gasteiger partial charge in [-0.15, -0.1) is 0 Å². The van der Waals surface area contributed by atoms with Crippen LogP contribution in [0.2, 0.25) is 0 Å². The van der Waals surface area contributed by atoms with Crippen LogP contribution in [0.1, 0.15) is 12.0 Å². The number of carbonyl (C=O) groups excluding carboxylic acids is 1. The second-order valence-electron chi connectivity index (χ2n) is 4.74. The van der Waals surface area contributed by atoms with Crippen molar-refractivity contribution in [2.24, 2.45) is 0 Å². The topological polar surface area (TPSA) is 75.6 Å². The number of ether oxygens (including phenoxy) is 1. The zero-order valence-corrected chi connectivity index (χ0v) is 12.0. The van der Waals surface area contributed by atoms with Crippen molar-refractivity contribution in [2.45, 2.75) is 12.8 Å². The van der Waals surface area contributed by atoms with Crippen molar-refractivity contribution in [1.82, 2.24) is 0 Å². The first-order valence-corrected chi connectivity index (χ1v) is 6.92. The highest BCUT2D eigenvalue weighted by Gasteiger charge is 2.04. The molecule has 2 aromatic carbocycles. The number of amides is 1. The van der Waals surface area contributed by atoms with E-state index >= 15 is 0 Å². The fourth-order valence-corrected chi connectivity index (χ4v) is 1.91. The number of anilines is 1. The van der Waals surface area contributed by atoms with Gasteiger partial charge >= 0.3 is 5.97 Å². The van der Waals surface area contributed by atoms with E-state index in [1.807, 2.05) is 30.3 Å². The molecule has 0 fully saturated rings. The fourth-order valence-electron chi connectivity index (χ4n) is 1.91. The van der Waals surface area contributed by atoms with Crippen LogP contribution in [-0.4, -0.2) is 23.6 Å². The van der Waals surface area contributed by atoms with Crippen LogP contribution in [0.4, 0.5) is 5.69 Å². The number of rotatable bonds is 7. The second kappa shape index (κ2) is 7.83. The van der Waals surface area contributed by atoms with E-state index in [2.05, 4.69) is 5.32 Å². The molecule has 22 heavy (non-hydrogen) atoms. The summed E-state index contributed by atoms with van der Waals surface area (Å²) in [5.41, 5.74) is 1.77. The average molecular weight is 299 g/mol. The minimum absolute atomic E-state index is 0.0666. The summed E-state index contributed by atoms with van der Waals surface area (Å²) >= 11 is 0. The Morgan fingerprint density at radius 2 is 1.68 bits per heavy atom. The maximum absolute atomic E-state index is 11.9. The molecule has 0 atom stereocenters. The number of aryl methyl sites for hydroxylation is 1. The molecule has 0 bridgehead atoms. The van der Waals surface area contributed by atoms with Crippen LogP contribution < -0.4 is 10.1 Å². The lowest BCUT2D eigenvalue weighted by molar-refractivity contribution is -0.139. The highest BCUT2D eigenvalue weighted by Crippen LogP contribution is 2.16. The van der Waals surface area contributed by atoms with E-state index in [9.17, 15) is 9.59 Å². The lowest BCUT2D eigenvalue weighted by Crippen LogP contribution is -2.12. The van der Waals surface area contributed by atoms with Crippen LogP contribution in [-0.2, 0) is 16.0 Å². The van der Waals surface area contributed by atoms with Crippen molar-refractivity contribution >= 4 is 17.6 Å². The summed E-state index contributed by atoms with van der Waals surface area (Å²) < 4.78 is 5.02. The van der Waals surface area contributed by atoms with Gasteiger partial charge in [-0.1, -0.05) is 30.3 Å². The minimum atomic E-state index is -1.03. The number of carboxylic acid groups (broad SMARTS) is 1. The van der Waals surface area contributed by atoms with E-state index in [-0.39, 0.29) is 12.5 Å². The predicted octanol–water partition coefficient (Wildman–Crippen LogP) is 2.72. The zero-order valence-electron chi connectivity index (χ0n) is 12.0. The Balaban J connectivity index is 1.80. The lowest BCUT2D eigenvalue weighted by Gasteiger charge is -2.07. The summed E-state index contributed by atoms with van der Waals surface area (Å²) in [4.78, 5) is 22.3. The molecule has 5 heteroatoms. The standard InChI is InChI=1S/C17H17NO4/c19-16(11-6-13-4-2-1-3-5-13)18-14-7-9-15(10-8-14)22-12-17(20)21/h1-5,7-10H,6,11-12H2,(H,18,19)(H,20,21).